The molecule has 0 aromatic heterocycles. The van der Waals surface area contributed by atoms with E-state index >= 15 is 0 Å². The summed E-state index contributed by atoms with van der Waals surface area (Å²) in [7, 11) is 0. The van der Waals surface area contributed by atoms with Crippen LogP contribution in [0.25, 0.3) is 0 Å². The summed E-state index contributed by atoms with van der Waals surface area (Å²) < 4.78 is 148. The molecule has 0 N–H and O–H groups in total. The summed E-state index contributed by atoms with van der Waals surface area (Å²) in [6, 6.07) is 0. The first-order valence-corrected chi connectivity index (χ1v) is 4.14. The van der Waals surface area contributed by atoms with E-state index in [2.05, 4.69) is 0 Å². The Labute approximate surface area is 100 Å². The molecule has 1 rings (SSSR count). The van der Waals surface area contributed by atoms with E-state index in [0.29, 0.717) is 0 Å². The molecule has 20 heavy (non-hydrogen) atoms. The summed E-state index contributed by atoms with van der Waals surface area (Å²) in [5.41, 5.74) is -3.83. The Balaban J connectivity index is 3.61. The van der Waals surface area contributed by atoms with Gasteiger partial charge in [0.25, 0.3) is 0 Å². The summed E-state index contributed by atoms with van der Waals surface area (Å²) >= 11 is 0. The monoisotopic (exact) mass is 328 g/mol. The van der Waals surface area contributed by atoms with E-state index < -0.39 is 41.1 Å². The van der Waals surface area contributed by atoms with Gasteiger partial charge < -0.3 is 0 Å². The van der Waals surface area contributed by atoms with Gasteiger partial charge in [0, 0.05) is 0 Å². The molecule has 0 amide bonds. The molecular weight excluding hydrogens is 328 g/mol. The minimum Gasteiger partial charge on any atom is -0.200 e. The topological polar surface area (TPSA) is 15.6 Å². The van der Waals surface area contributed by atoms with Crippen LogP contribution < -0.4 is 0 Å². The van der Waals surface area contributed by atoms with E-state index in [-0.39, 0.29) is 0 Å². The largest absolute Gasteiger partial charge is 0.503 e. The lowest BCUT2D eigenvalue weighted by molar-refractivity contribution is -0.395. The molecule has 0 aromatic carbocycles. The third-order valence-corrected chi connectivity index (χ3v) is 2.09. The molecule has 118 valence electrons. The number of nitrogens with zero attached hydrogens (tertiary/aromatic N) is 2. The smallest absolute Gasteiger partial charge is 0.200 e. The first-order chi connectivity index (χ1) is 8.47. The molecule has 1 unspecified atom stereocenters. The molecule has 0 spiro atoms. The maximum atomic E-state index is 13.3. The molecule has 1 aliphatic heterocycles. The zero-order chi connectivity index (χ0) is 16.4. The number of halogens is 12. The fraction of sp³-hybridized carbons (Fsp3) is 0.833. The molecule has 0 fully saturated rings. The van der Waals surface area contributed by atoms with Gasteiger partial charge in [-0.15, -0.1) is 13.2 Å². The molecule has 0 bridgehead atoms. The van der Waals surface area contributed by atoms with Gasteiger partial charge in [-0.3, -0.25) is 0 Å². The van der Waals surface area contributed by atoms with Crippen molar-refractivity contribution in [3.05, 3.63) is 0 Å². The second-order valence-electron chi connectivity index (χ2n) is 3.42. The van der Waals surface area contributed by atoms with E-state index in [0.717, 1.165) is 5.10 Å². The van der Waals surface area contributed by atoms with Crippen LogP contribution in [0.4, 0.5) is 52.7 Å². The predicted octanol–water partition coefficient (Wildman–Crippen LogP) is 3.60. The van der Waals surface area contributed by atoms with Crippen LogP contribution in [-0.4, -0.2) is 41.1 Å². The van der Waals surface area contributed by atoms with Crippen molar-refractivity contribution in [2.45, 2.75) is 30.4 Å². The molecule has 1 aliphatic rings. The third-order valence-electron chi connectivity index (χ3n) is 2.09. The maximum absolute atomic E-state index is 13.3. The highest BCUT2D eigenvalue weighted by atomic mass is 19.4. The quantitative estimate of drug-likeness (QED) is 0.490. The van der Waals surface area contributed by atoms with Gasteiger partial charge in [0.1, 0.15) is 0 Å². The van der Waals surface area contributed by atoms with Crippen molar-refractivity contribution in [1.82, 2.24) is 5.01 Å². The van der Waals surface area contributed by atoms with Gasteiger partial charge in [-0.2, -0.15) is 45.2 Å². The van der Waals surface area contributed by atoms with E-state index in [1.807, 2.05) is 0 Å². The number of alkyl halides is 12. The molecule has 14 heteroatoms. The highest BCUT2D eigenvalue weighted by molar-refractivity contribution is 5.98. The lowest BCUT2D eigenvalue weighted by Gasteiger charge is -2.35. The van der Waals surface area contributed by atoms with Crippen LogP contribution in [0.2, 0.25) is 0 Å². The Morgan fingerprint density at radius 2 is 1.20 bits per heavy atom. The molecule has 0 saturated carbocycles. The Morgan fingerprint density at radius 1 is 0.800 bits per heavy atom. The van der Waals surface area contributed by atoms with Gasteiger partial charge in [0.15, 0.2) is 0 Å². The van der Waals surface area contributed by atoms with Crippen LogP contribution >= 0.6 is 0 Å². The first-order valence-electron chi connectivity index (χ1n) is 4.14. The van der Waals surface area contributed by atoms with Crippen LogP contribution in [0.15, 0.2) is 5.10 Å². The van der Waals surface area contributed by atoms with Crippen molar-refractivity contribution in [2.75, 3.05) is 0 Å². The van der Waals surface area contributed by atoms with E-state index in [1.165, 1.54) is 0 Å². The Hall–Kier alpha value is -1.37. The molecule has 0 saturated heterocycles. The van der Waals surface area contributed by atoms with E-state index in [9.17, 15) is 52.7 Å². The SMILES string of the molecule is FC(F)(F)C1=NN(C(F)(F)F)C(F)(C(F)(F)F)C1(F)F. The zero-order valence-electron chi connectivity index (χ0n) is 8.43. The standard InChI is InChI=1S/C6F12N2/c7-2(8)1(3(9,10)11)19-20(6(16,17)18)4(2,12)5(13,14)15. The number of hydrazone groups is 1. The summed E-state index contributed by atoms with van der Waals surface area (Å²) in [6.07, 6.45) is -19.9. The fourth-order valence-corrected chi connectivity index (χ4v) is 1.29. The number of hydrogen-bond acceptors (Lipinski definition) is 2. The molecular formula is C6F12N2. The Bertz CT molecular complexity index is 427. The fourth-order valence-electron chi connectivity index (χ4n) is 1.29. The first kappa shape index (κ1) is 16.7. The van der Waals surface area contributed by atoms with Crippen LogP contribution in [0.3, 0.4) is 0 Å². The van der Waals surface area contributed by atoms with Crippen molar-refractivity contribution in [3.63, 3.8) is 0 Å². The van der Waals surface area contributed by atoms with Crippen molar-refractivity contribution in [1.29, 1.82) is 0 Å². The zero-order valence-corrected chi connectivity index (χ0v) is 8.43. The normalized spacial score (nSPS) is 27.8. The van der Waals surface area contributed by atoms with Crippen LogP contribution in [0.5, 0.6) is 0 Å². The van der Waals surface area contributed by atoms with Crippen LogP contribution in [0, 0.1) is 0 Å². The highest BCUT2D eigenvalue weighted by Gasteiger charge is 2.86. The maximum Gasteiger partial charge on any atom is 0.503 e. The average molecular weight is 328 g/mol. The highest BCUT2D eigenvalue weighted by Crippen LogP contribution is 2.56. The van der Waals surface area contributed by atoms with Gasteiger partial charge in [-0.05, 0) is 0 Å². The minimum atomic E-state index is -7.00. The van der Waals surface area contributed by atoms with E-state index in [1.54, 1.807) is 0 Å². The summed E-state index contributed by atoms with van der Waals surface area (Å²) in [5.74, 6) is -13.3. The summed E-state index contributed by atoms with van der Waals surface area (Å²) in [6.45, 7) is 0. The molecule has 1 atom stereocenters. The number of hydrogen-bond donors (Lipinski definition) is 0. The van der Waals surface area contributed by atoms with Crippen molar-refractivity contribution in [2.24, 2.45) is 5.10 Å². The second-order valence-corrected chi connectivity index (χ2v) is 3.42. The average Bonchev–Trinajstić information content (AvgIpc) is 2.32. The van der Waals surface area contributed by atoms with Gasteiger partial charge in [-0.1, -0.05) is 0 Å². The summed E-state index contributed by atoms with van der Waals surface area (Å²) in [5, 5.41) is -1.83. The second kappa shape index (κ2) is 3.84. The van der Waals surface area contributed by atoms with Gasteiger partial charge in [-0.25, -0.2) is 4.39 Å². The van der Waals surface area contributed by atoms with Crippen LogP contribution in [-0.2, 0) is 0 Å². The molecule has 0 aliphatic carbocycles. The predicted molar refractivity (Wildman–Crippen MR) is 36.2 cm³/mol. The van der Waals surface area contributed by atoms with Gasteiger partial charge >= 0.3 is 30.4 Å². The lowest BCUT2D eigenvalue weighted by Crippen LogP contribution is -2.66. The molecule has 1 heterocycles. The van der Waals surface area contributed by atoms with Crippen molar-refractivity contribution < 1.29 is 52.7 Å². The van der Waals surface area contributed by atoms with Gasteiger partial charge in [0.05, 0.1) is 0 Å². The third kappa shape index (κ3) is 2.04. The van der Waals surface area contributed by atoms with Crippen molar-refractivity contribution in [3.8, 4) is 0 Å². The van der Waals surface area contributed by atoms with Crippen molar-refractivity contribution >= 4 is 5.71 Å². The molecule has 0 aromatic rings. The Kier molecular flexibility index (Phi) is 3.20. The molecule has 0 radical (unpaired) electrons. The molecule has 2 nitrogen and oxygen atoms in total. The lowest BCUT2D eigenvalue weighted by atomic mass is 10.0. The van der Waals surface area contributed by atoms with Gasteiger partial charge in [0.2, 0.25) is 5.71 Å². The summed E-state index contributed by atoms with van der Waals surface area (Å²) in [4.78, 5) is 0. The van der Waals surface area contributed by atoms with E-state index in [4.69, 9.17) is 0 Å². The Morgan fingerprint density at radius 3 is 1.40 bits per heavy atom. The minimum absolute atomic E-state index is 1.06. The van der Waals surface area contributed by atoms with Crippen LogP contribution in [0.1, 0.15) is 0 Å². The number of rotatable bonds is 0.